The number of nitrogens with zero attached hydrogens (tertiary/aromatic N) is 3. The van der Waals surface area contributed by atoms with E-state index in [0.717, 1.165) is 12.5 Å². The summed E-state index contributed by atoms with van der Waals surface area (Å²) in [7, 11) is 2.07. The number of likely N-dealkylation sites (tertiary alicyclic amines) is 1. The Hall–Kier alpha value is -0.830. The minimum absolute atomic E-state index is 0.851. The van der Waals surface area contributed by atoms with Gasteiger partial charge in [0.15, 0.2) is 0 Å². The first kappa shape index (κ1) is 13.2. The second kappa shape index (κ2) is 6.69. The highest BCUT2D eigenvalue weighted by Gasteiger charge is 2.17. The molecule has 0 aliphatic carbocycles. The third-order valence-corrected chi connectivity index (χ3v) is 3.03. The summed E-state index contributed by atoms with van der Waals surface area (Å²) in [5.74, 6) is 2.03. The van der Waals surface area contributed by atoms with Gasteiger partial charge in [0, 0.05) is 26.0 Å². The average Bonchev–Trinajstić information content (AvgIpc) is 2.68. The maximum atomic E-state index is 4.36. The van der Waals surface area contributed by atoms with E-state index in [1.807, 2.05) is 26.2 Å². The summed E-state index contributed by atoms with van der Waals surface area (Å²) in [5.41, 5.74) is 0. The Bertz CT molecular complexity index is 293. The fourth-order valence-corrected chi connectivity index (χ4v) is 2.18. The van der Waals surface area contributed by atoms with Crippen molar-refractivity contribution in [2.75, 3.05) is 13.1 Å². The molecule has 1 fully saturated rings. The topological polar surface area (TPSA) is 21.1 Å². The summed E-state index contributed by atoms with van der Waals surface area (Å²) in [6.45, 7) is 9.81. The number of hydrogen-bond acceptors (Lipinski definition) is 2. The van der Waals surface area contributed by atoms with Crippen LogP contribution in [0.25, 0.3) is 0 Å². The van der Waals surface area contributed by atoms with Crippen molar-refractivity contribution >= 4 is 0 Å². The van der Waals surface area contributed by atoms with Crippen molar-refractivity contribution in [2.24, 2.45) is 13.0 Å². The Morgan fingerprint density at radius 3 is 2.75 bits per heavy atom. The number of aromatic nitrogens is 2. The minimum atomic E-state index is 0.851. The van der Waals surface area contributed by atoms with Gasteiger partial charge in [-0.25, -0.2) is 4.98 Å². The van der Waals surface area contributed by atoms with Gasteiger partial charge in [-0.1, -0.05) is 20.8 Å². The zero-order chi connectivity index (χ0) is 12.0. The molecule has 92 valence electrons. The number of aryl methyl sites for hydroxylation is 1. The molecule has 0 saturated carbocycles. The quantitative estimate of drug-likeness (QED) is 0.768. The maximum absolute atomic E-state index is 4.36. The zero-order valence-corrected chi connectivity index (χ0v) is 11.1. The van der Waals surface area contributed by atoms with Crippen LogP contribution >= 0.6 is 0 Å². The van der Waals surface area contributed by atoms with Crippen molar-refractivity contribution in [3.05, 3.63) is 18.2 Å². The molecule has 0 bridgehead atoms. The third-order valence-electron chi connectivity index (χ3n) is 3.03. The standard InChI is InChI=1S/C11H19N3.C2H6/c1-10-4-3-6-14(8-10)9-11-12-5-7-13(11)2;1-2/h5,7,10H,3-4,6,8-9H2,1-2H3;1-2H3. The lowest BCUT2D eigenvalue weighted by Gasteiger charge is -2.30. The highest BCUT2D eigenvalue weighted by Crippen LogP contribution is 2.16. The third kappa shape index (κ3) is 3.63. The highest BCUT2D eigenvalue weighted by molar-refractivity contribution is 4.91. The molecule has 0 N–H and O–H groups in total. The van der Waals surface area contributed by atoms with Gasteiger partial charge in [-0.15, -0.1) is 0 Å². The summed E-state index contributed by atoms with van der Waals surface area (Å²) >= 11 is 0. The molecule has 1 aromatic heterocycles. The van der Waals surface area contributed by atoms with E-state index in [9.17, 15) is 0 Å². The summed E-state index contributed by atoms with van der Waals surface area (Å²) in [5, 5.41) is 0. The summed E-state index contributed by atoms with van der Waals surface area (Å²) in [4.78, 5) is 6.87. The fraction of sp³-hybridized carbons (Fsp3) is 0.769. The van der Waals surface area contributed by atoms with Gasteiger partial charge in [-0.05, 0) is 25.3 Å². The summed E-state index contributed by atoms with van der Waals surface area (Å²) in [6.07, 6.45) is 6.62. The lowest BCUT2D eigenvalue weighted by Crippen LogP contribution is -2.34. The normalized spacial score (nSPS) is 21.4. The van der Waals surface area contributed by atoms with Crippen LogP contribution in [0, 0.1) is 5.92 Å². The zero-order valence-electron chi connectivity index (χ0n) is 11.1. The molecule has 1 aliphatic rings. The van der Waals surface area contributed by atoms with Gasteiger partial charge in [0.1, 0.15) is 5.82 Å². The van der Waals surface area contributed by atoms with E-state index in [1.165, 1.54) is 31.8 Å². The van der Waals surface area contributed by atoms with E-state index in [0.29, 0.717) is 0 Å². The van der Waals surface area contributed by atoms with Gasteiger partial charge in [-0.2, -0.15) is 0 Å². The van der Waals surface area contributed by atoms with Gasteiger partial charge in [0.05, 0.1) is 6.54 Å². The number of hydrogen-bond donors (Lipinski definition) is 0. The van der Waals surface area contributed by atoms with Crippen molar-refractivity contribution in [1.29, 1.82) is 0 Å². The largest absolute Gasteiger partial charge is 0.337 e. The fourth-order valence-electron chi connectivity index (χ4n) is 2.18. The molecule has 3 heteroatoms. The molecule has 2 heterocycles. The molecule has 16 heavy (non-hydrogen) atoms. The first-order valence-electron chi connectivity index (χ1n) is 6.44. The Morgan fingerprint density at radius 2 is 2.19 bits per heavy atom. The van der Waals surface area contributed by atoms with E-state index in [-0.39, 0.29) is 0 Å². The molecule has 1 aliphatic heterocycles. The number of imidazole rings is 1. The Labute approximate surface area is 99.5 Å². The van der Waals surface area contributed by atoms with Crippen LogP contribution in [0.1, 0.15) is 39.4 Å². The molecule has 1 aromatic rings. The van der Waals surface area contributed by atoms with Crippen LogP contribution in [0.3, 0.4) is 0 Å². The molecule has 1 atom stereocenters. The minimum Gasteiger partial charge on any atom is -0.337 e. The summed E-state index contributed by atoms with van der Waals surface area (Å²) in [6, 6.07) is 0. The van der Waals surface area contributed by atoms with Crippen LogP contribution in [0.5, 0.6) is 0 Å². The van der Waals surface area contributed by atoms with Crippen LogP contribution in [-0.4, -0.2) is 27.5 Å². The lowest BCUT2D eigenvalue weighted by molar-refractivity contribution is 0.171. The van der Waals surface area contributed by atoms with Crippen LogP contribution in [0.4, 0.5) is 0 Å². The van der Waals surface area contributed by atoms with E-state index in [2.05, 4.69) is 28.4 Å². The van der Waals surface area contributed by atoms with Crippen molar-refractivity contribution in [3.8, 4) is 0 Å². The average molecular weight is 223 g/mol. The van der Waals surface area contributed by atoms with Crippen LogP contribution < -0.4 is 0 Å². The monoisotopic (exact) mass is 223 g/mol. The molecule has 2 rings (SSSR count). The molecular weight excluding hydrogens is 198 g/mol. The molecule has 0 spiro atoms. The second-order valence-corrected chi connectivity index (χ2v) is 4.44. The molecule has 0 amide bonds. The maximum Gasteiger partial charge on any atom is 0.122 e. The Balaban J connectivity index is 0.000000606. The molecule has 0 radical (unpaired) electrons. The summed E-state index contributed by atoms with van der Waals surface area (Å²) < 4.78 is 2.11. The Kier molecular flexibility index (Phi) is 5.53. The molecular formula is C13H25N3. The van der Waals surface area contributed by atoms with Crippen molar-refractivity contribution in [2.45, 2.75) is 40.2 Å². The van der Waals surface area contributed by atoms with E-state index in [1.54, 1.807) is 0 Å². The molecule has 0 aromatic carbocycles. The van der Waals surface area contributed by atoms with E-state index in [4.69, 9.17) is 0 Å². The molecule has 1 saturated heterocycles. The highest BCUT2D eigenvalue weighted by atomic mass is 15.2. The van der Waals surface area contributed by atoms with Gasteiger partial charge in [-0.3, -0.25) is 4.90 Å². The predicted octanol–water partition coefficient (Wildman–Crippen LogP) is 2.68. The second-order valence-electron chi connectivity index (χ2n) is 4.44. The molecule has 3 nitrogen and oxygen atoms in total. The van der Waals surface area contributed by atoms with Gasteiger partial charge in [0.25, 0.3) is 0 Å². The predicted molar refractivity (Wildman–Crippen MR) is 68.2 cm³/mol. The first-order valence-corrected chi connectivity index (χ1v) is 6.44. The van der Waals surface area contributed by atoms with E-state index >= 15 is 0 Å². The lowest BCUT2D eigenvalue weighted by atomic mass is 10.0. The van der Waals surface area contributed by atoms with E-state index < -0.39 is 0 Å². The Morgan fingerprint density at radius 1 is 1.44 bits per heavy atom. The van der Waals surface area contributed by atoms with Gasteiger partial charge >= 0.3 is 0 Å². The smallest absolute Gasteiger partial charge is 0.122 e. The van der Waals surface area contributed by atoms with Crippen molar-refractivity contribution < 1.29 is 0 Å². The van der Waals surface area contributed by atoms with Crippen LogP contribution in [0.15, 0.2) is 12.4 Å². The first-order chi connectivity index (χ1) is 7.75. The van der Waals surface area contributed by atoms with Crippen molar-refractivity contribution in [3.63, 3.8) is 0 Å². The van der Waals surface area contributed by atoms with Gasteiger partial charge < -0.3 is 4.57 Å². The number of piperidine rings is 1. The SMILES string of the molecule is CC.CC1CCCN(Cc2nccn2C)C1. The van der Waals surface area contributed by atoms with Crippen LogP contribution in [0.2, 0.25) is 0 Å². The van der Waals surface area contributed by atoms with Crippen molar-refractivity contribution in [1.82, 2.24) is 14.5 Å². The van der Waals surface area contributed by atoms with Gasteiger partial charge in [0.2, 0.25) is 0 Å². The van der Waals surface area contributed by atoms with Crippen LogP contribution in [-0.2, 0) is 13.6 Å². The molecule has 1 unspecified atom stereocenters. The number of rotatable bonds is 2.